The van der Waals surface area contributed by atoms with Crippen LogP contribution in [0.15, 0.2) is 36.5 Å². The molecule has 2 heteroatoms. The number of hydrogen-bond donors (Lipinski definition) is 1. The summed E-state index contributed by atoms with van der Waals surface area (Å²) in [6, 6.07) is 11.2. The van der Waals surface area contributed by atoms with E-state index in [1.165, 1.54) is 28.1 Å². The van der Waals surface area contributed by atoms with E-state index in [4.69, 9.17) is 0 Å². The summed E-state index contributed by atoms with van der Waals surface area (Å²) in [6.45, 7) is 4.28. The Hall–Kier alpha value is -1.83. The molecule has 1 heterocycles. The van der Waals surface area contributed by atoms with Crippen LogP contribution in [0, 0.1) is 13.8 Å². The van der Waals surface area contributed by atoms with Gasteiger partial charge in [-0.05, 0) is 61.6 Å². The topological polar surface area (TPSA) is 24.9 Å². The van der Waals surface area contributed by atoms with Crippen LogP contribution >= 0.6 is 0 Å². The van der Waals surface area contributed by atoms with E-state index >= 15 is 0 Å². The predicted molar refractivity (Wildman–Crippen MR) is 74.8 cm³/mol. The summed E-state index contributed by atoms with van der Waals surface area (Å²) < 4.78 is 0. The monoisotopic (exact) mass is 238 g/mol. The first-order valence-corrected chi connectivity index (χ1v) is 6.51. The van der Waals surface area contributed by atoms with E-state index in [9.17, 15) is 0 Å². The third kappa shape index (κ3) is 2.10. The Balaban J connectivity index is 1.86. The number of hydrogen-bond acceptors (Lipinski definition) is 2. The van der Waals surface area contributed by atoms with Crippen molar-refractivity contribution in [2.75, 3.05) is 5.32 Å². The fourth-order valence-electron chi connectivity index (χ4n) is 2.81. The number of anilines is 1. The summed E-state index contributed by atoms with van der Waals surface area (Å²) >= 11 is 0. The van der Waals surface area contributed by atoms with Crippen molar-refractivity contribution in [1.82, 2.24) is 4.98 Å². The number of benzene rings is 1. The van der Waals surface area contributed by atoms with E-state index in [2.05, 4.69) is 48.4 Å². The quantitative estimate of drug-likeness (QED) is 0.860. The molecule has 0 saturated heterocycles. The summed E-state index contributed by atoms with van der Waals surface area (Å²) in [4.78, 5) is 4.52. The molecule has 0 spiro atoms. The highest BCUT2D eigenvalue weighted by Gasteiger charge is 2.23. The van der Waals surface area contributed by atoms with Crippen LogP contribution < -0.4 is 5.32 Å². The van der Waals surface area contributed by atoms with E-state index in [0.717, 1.165) is 12.8 Å². The Morgan fingerprint density at radius 2 is 1.94 bits per heavy atom. The van der Waals surface area contributed by atoms with Gasteiger partial charge in [0.2, 0.25) is 0 Å². The minimum Gasteiger partial charge on any atom is -0.377 e. The zero-order valence-corrected chi connectivity index (χ0v) is 10.9. The van der Waals surface area contributed by atoms with Gasteiger partial charge in [0.15, 0.2) is 0 Å². The lowest BCUT2D eigenvalue weighted by molar-refractivity contribution is 0.746. The van der Waals surface area contributed by atoms with Crippen LogP contribution in [0.3, 0.4) is 0 Å². The number of rotatable bonds is 2. The molecular formula is C16H18N2. The molecule has 0 bridgehead atoms. The Bertz CT molecular complexity index is 555. The molecule has 1 aliphatic carbocycles. The van der Waals surface area contributed by atoms with Crippen molar-refractivity contribution in [3.63, 3.8) is 0 Å². The lowest BCUT2D eigenvalue weighted by atomic mass is 10.1. The first-order chi connectivity index (χ1) is 8.72. The molecule has 1 unspecified atom stereocenters. The maximum Gasteiger partial charge on any atom is 0.0691 e. The van der Waals surface area contributed by atoms with Crippen LogP contribution in [0.2, 0.25) is 0 Å². The Labute approximate surface area is 108 Å². The van der Waals surface area contributed by atoms with E-state index in [0.29, 0.717) is 6.04 Å². The SMILES string of the molecule is Cc1cc(C)cc(NC2CCc3cccnc32)c1. The smallest absolute Gasteiger partial charge is 0.0691 e. The Morgan fingerprint density at radius 1 is 1.17 bits per heavy atom. The number of pyridine rings is 1. The van der Waals surface area contributed by atoms with Crippen molar-refractivity contribution < 1.29 is 0 Å². The van der Waals surface area contributed by atoms with E-state index in [1.807, 2.05) is 12.3 Å². The second-order valence-electron chi connectivity index (χ2n) is 5.16. The van der Waals surface area contributed by atoms with Gasteiger partial charge in [0.1, 0.15) is 0 Å². The molecule has 0 saturated carbocycles. The van der Waals surface area contributed by atoms with Crippen LogP contribution in [0.1, 0.15) is 34.8 Å². The molecule has 1 aliphatic rings. The maximum atomic E-state index is 4.52. The second-order valence-corrected chi connectivity index (χ2v) is 5.16. The molecule has 0 radical (unpaired) electrons. The van der Waals surface area contributed by atoms with Gasteiger partial charge in [-0.1, -0.05) is 12.1 Å². The van der Waals surface area contributed by atoms with Gasteiger partial charge in [0.05, 0.1) is 11.7 Å². The fraction of sp³-hybridized carbons (Fsp3) is 0.312. The van der Waals surface area contributed by atoms with Gasteiger partial charge in [-0.25, -0.2) is 0 Å². The van der Waals surface area contributed by atoms with E-state index in [-0.39, 0.29) is 0 Å². The summed E-state index contributed by atoms with van der Waals surface area (Å²) in [6.07, 6.45) is 4.16. The number of nitrogens with zero attached hydrogens (tertiary/aromatic N) is 1. The van der Waals surface area contributed by atoms with E-state index < -0.39 is 0 Å². The number of nitrogens with one attached hydrogen (secondary N) is 1. The summed E-state index contributed by atoms with van der Waals surface area (Å²) in [5.41, 5.74) is 6.42. The average molecular weight is 238 g/mol. The lowest BCUT2D eigenvalue weighted by Gasteiger charge is -2.15. The molecule has 0 aliphatic heterocycles. The van der Waals surface area contributed by atoms with E-state index in [1.54, 1.807) is 0 Å². The predicted octanol–water partition coefficient (Wildman–Crippen LogP) is 3.80. The van der Waals surface area contributed by atoms with Gasteiger partial charge in [-0.3, -0.25) is 4.98 Å². The highest BCUT2D eigenvalue weighted by atomic mass is 15.0. The standard InChI is InChI=1S/C16H18N2/c1-11-8-12(2)10-14(9-11)18-15-6-5-13-4-3-7-17-16(13)15/h3-4,7-10,15,18H,5-6H2,1-2H3. The van der Waals surface area contributed by atoms with Gasteiger partial charge in [-0.15, -0.1) is 0 Å². The second kappa shape index (κ2) is 4.45. The molecule has 92 valence electrons. The van der Waals surface area contributed by atoms with Gasteiger partial charge >= 0.3 is 0 Å². The van der Waals surface area contributed by atoms with Crippen molar-refractivity contribution in [3.8, 4) is 0 Å². The van der Waals surface area contributed by atoms with Crippen LogP contribution in [-0.2, 0) is 6.42 Å². The zero-order valence-electron chi connectivity index (χ0n) is 10.9. The van der Waals surface area contributed by atoms with Crippen LogP contribution in [0.5, 0.6) is 0 Å². The first kappa shape index (κ1) is 11.3. The Morgan fingerprint density at radius 3 is 2.72 bits per heavy atom. The summed E-state index contributed by atoms with van der Waals surface area (Å²) in [7, 11) is 0. The number of aryl methyl sites for hydroxylation is 3. The normalized spacial score (nSPS) is 17.6. The Kier molecular flexibility index (Phi) is 2.78. The van der Waals surface area contributed by atoms with Crippen LogP contribution in [-0.4, -0.2) is 4.98 Å². The highest BCUT2D eigenvalue weighted by molar-refractivity contribution is 5.50. The van der Waals surface area contributed by atoms with Gasteiger partial charge < -0.3 is 5.32 Å². The molecule has 1 N–H and O–H groups in total. The van der Waals surface area contributed by atoms with Gasteiger partial charge in [0, 0.05) is 11.9 Å². The molecule has 0 fully saturated rings. The average Bonchev–Trinajstić information content (AvgIpc) is 2.72. The van der Waals surface area contributed by atoms with Gasteiger partial charge in [-0.2, -0.15) is 0 Å². The van der Waals surface area contributed by atoms with Crippen molar-refractivity contribution in [3.05, 3.63) is 58.9 Å². The molecule has 1 atom stereocenters. The molecule has 18 heavy (non-hydrogen) atoms. The molecule has 3 rings (SSSR count). The van der Waals surface area contributed by atoms with Crippen molar-refractivity contribution >= 4 is 5.69 Å². The highest BCUT2D eigenvalue weighted by Crippen LogP contribution is 2.32. The fourth-order valence-corrected chi connectivity index (χ4v) is 2.81. The molecule has 2 nitrogen and oxygen atoms in total. The summed E-state index contributed by atoms with van der Waals surface area (Å²) in [5, 5.41) is 3.62. The maximum absolute atomic E-state index is 4.52. The van der Waals surface area contributed by atoms with Crippen molar-refractivity contribution in [2.24, 2.45) is 0 Å². The third-order valence-corrected chi connectivity index (χ3v) is 3.52. The molecule has 1 aromatic heterocycles. The summed E-state index contributed by atoms with van der Waals surface area (Å²) in [5.74, 6) is 0. The minimum atomic E-state index is 0.363. The van der Waals surface area contributed by atoms with Crippen LogP contribution in [0.25, 0.3) is 0 Å². The molecule has 0 amide bonds. The van der Waals surface area contributed by atoms with Gasteiger partial charge in [0.25, 0.3) is 0 Å². The number of fused-ring (bicyclic) bond motifs is 1. The first-order valence-electron chi connectivity index (χ1n) is 6.51. The van der Waals surface area contributed by atoms with Crippen molar-refractivity contribution in [2.45, 2.75) is 32.7 Å². The van der Waals surface area contributed by atoms with Crippen LogP contribution in [0.4, 0.5) is 5.69 Å². The zero-order chi connectivity index (χ0) is 12.5. The largest absolute Gasteiger partial charge is 0.377 e. The third-order valence-electron chi connectivity index (χ3n) is 3.52. The molecule has 2 aromatic rings. The minimum absolute atomic E-state index is 0.363. The van der Waals surface area contributed by atoms with Crippen molar-refractivity contribution in [1.29, 1.82) is 0 Å². The number of aromatic nitrogens is 1. The molecule has 1 aromatic carbocycles. The molecular weight excluding hydrogens is 220 g/mol. The lowest BCUT2D eigenvalue weighted by Crippen LogP contribution is -2.08.